The number of nitrogens with zero attached hydrogens (tertiary/aromatic N) is 2. The van der Waals surface area contributed by atoms with Crippen LogP contribution in [0, 0.1) is 0 Å². The fraction of sp³-hybridized carbons (Fsp3) is 0. The van der Waals surface area contributed by atoms with Gasteiger partial charge in [0.2, 0.25) is 0 Å². The molecule has 0 N–H and O–H groups in total. The Labute approximate surface area is 154 Å². The van der Waals surface area contributed by atoms with Gasteiger partial charge in [0, 0.05) is 32.5 Å². The highest BCUT2D eigenvalue weighted by molar-refractivity contribution is 9.13. The molecule has 0 aliphatic rings. The second-order valence-corrected chi connectivity index (χ2v) is 7.97. The minimum absolute atomic E-state index is 0.743. The number of pyridine rings is 2. The van der Waals surface area contributed by atoms with Crippen LogP contribution in [0.15, 0.2) is 39.5 Å². The molecule has 0 aliphatic carbocycles. The van der Waals surface area contributed by atoms with E-state index in [1.807, 2.05) is 0 Å². The lowest BCUT2D eigenvalue weighted by Gasteiger charge is -2.13. The summed E-state index contributed by atoms with van der Waals surface area (Å²) in [5.41, 5.74) is 1.97. The third-order valence-corrected chi connectivity index (χ3v) is 7.12. The maximum absolute atomic E-state index is 4.21. The first-order chi connectivity index (χ1) is 8.43. The van der Waals surface area contributed by atoms with Crippen molar-refractivity contribution in [1.82, 2.24) is 9.97 Å². The van der Waals surface area contributed by atoms with Gasteiger partial charge in [-0.1, -0.05) is 0 Å². The van der Waals surface area contributed by atoms with Crippen LogP contribution in [0.25, 0.3) is 11.1 Å². The smallest absolute Gasteiger partial charge is 0.120 e. The fourth-order valence-electron chi connectivity index (χ4n) is 1.34. The highest BCUT2D eigenvalue weighted by Gasteiger charge is 2.19. The van der Waals surface area contributed by atoms with E-state index in [0.717, 1.165) is 38.2 Å². The van der Waals surface area contributed by atoms with Crippen molar-refractivity contribution >= 4 is 95.6 Å². The first kappa shape index (κ1) is 15.6. The average molecular weight is 630 g/mol. The van der Waals surface area contributed by atoms with Crippen molar-refractivity contribution in [2.45, 2.75) is 0 Å². The van der Waals surface area contributed by atoms with Crippen molar-refractivity contribution in [3.8, 4) is 11.1 Å². The van der Waals surface area contributed by atoms with Crippen molar-refractivity contribution < 1.29 is 0 Å². The van der Waals surface area contributed by atoms with Gasteiger partial charge in [-0.15, -0.1) is 0 Å². The quantitative estimate of drug-likeness (QED) is 0.328. The van der Waals surface area contributed by atoms with E-state index in [2.05, 4.69) is 106 Å². The van der Waals surface area contributed by atoms with Crippen LogP contribution in [0.3, 0.4) is 0 Å². The van der Waals surface area contributed by atoms with Crippen molar-refractivity contribution in [1.29, 1.82) is 0 Å². The summed E-state index contributed by atoms with van der Waals surface area (Å²) < 4.78 is 5.00. The Morgan fingerprint density at radius 3 is 1.28 bits per heavy atom. The summed E-state index contributed by atoms with van der Waals surface area (Å²) in [6, 6.07) is 0. The van der Waals surface area contributed by atoms with Gasteiger partial charge in [0.1, 0.15) is 9.21 Å². The summed E-state index contributed by atoms with van der Waals surface area (Å²) in [7, 11) is 0. The standard InChI is InChI=1S/C10H2Br6N2/c11-3-1-17-9(15)7(13)5(3)6-4(12)2-18-10(16)8(6)14/h1-2H. The molecule has 0 bridgehead atoms. The molecule has 0 radical (unpaired) electrons. The number of halogens is 6. The van der Waals surface area contributed by atoms with Gasteiger partial charge in [-0.3, -0.25) is 0 Å². The molecule has 18 heavy (non-hydrogen) atoms. The Bertz CT molecular complexity index is 573. The molecular formula is C10H2Br6N2. The minimum Gasteiger partial charge on any atom is -0.247 e. The van der Waals surface area contributed by atoms with E-state index in [0.29, 0.717) is 0 Å². The van der Waals surface area contributed by atoms with Crippen LogP contribution in [0.2, 0.25) is 0 Å². The Kier molecular flexibility index (Phi) is 5.45. The van der Waals surface area contributed by atoms with Crippen LogP contribution >= 0.6 is 95.6 Å². The van der Waals surface area contributed by atoms with Gasteiger partial charge in [-0.2, -0.15) is 0 Å². The van der Waals surface area contributed by atoms with Gasteiger partial charge in [0.25, 0.3) is 0 Å². The van der Waals surface area contributed by atoms with E-state index in [-0.39, 0.29) is 0 Å². The number of aromatic nitrogens is 2. The van der Waals surface area contributed by atoms with Crippen molar-refractivity contribution in [3.63, 3.8) is 0 Å². The zero-order valence-corrected chi connectivity index (χ0v) is 17.8. The van der Waals surface area contributed by atoms with Crippen molar-refractivity contribution in [2.24, 2.45) is 0 Å². The second kappa shape index (κ2) is 6.30. The molecule has 2 aromatic rings. The topological polar surface area (TPSA) is 25.8 Å². The van der Waals surface area contributed by atoms with Crippen LogP contribution in [0.1, 0.15) is 0 Å². The maximum atomic E-state index is 4.21. The zero-order valence-electron chi connectivity index (χ0n) is 8.32. The number of hydrogen-bond acceptors (Lipinski definition) is 2. The molecule has 0 atom stereocenters. The lowest BCUT2D eigenvalue weighted by atomic mass is 10.1. The minimum atomic E-state index is 0.743. The molecule has 0 unspecified atom stereocenters. The lowest BCUT2D eigenvalue weighted by Crippen LogP contribution is -1.91. The first-order valence-electron chi connectivity index (χ1n) is 4.42. The molecule has 0 spiro atoms. The Hall–Kier alpha value is 1.18. The molecule has 0 fully saturated rings. The molecule has 0 saturated carbocycles. The Balaban J connectivity index is 2.85. The Morgan fingerprint density at radius 2 is 0.944 bits per heavy atom. The average Bonchev–Trinajstić information content (AvgIpc) is 2.33. The van der Waals surface area contributed by atoms with Gasteiger partial charge in [0.15, 0.2) is 0 Å². The van der Waals surface area contributed by atoms with Gasteiger partial charge in [-0.25, -0.2) is 9.97 Å². The monoisotopic (exact) mass is 624 g/mol. The van der Waals surface area contributed by atoms with Crippen molar-refractivity contribution in [2.75, 3.05) is 0 Å². The van der Waals surface area contributed by atoms with Gasteiger partial charge in [0.05, 0.1) is 8.95 Å². The second-order valence-electron chi connectivity index (χ2n) is 3.17. The summed E-state index contributed by atoms with van der Waals surface area (Å²) in [4.78, 5) is 8.42. The van der Waals surface area contributed by atoms with E-state index in [9.17, 15) is 0 Å². The van der Waals surface area contributed by atoms with Crippen LogP contribution in [0.5, 0.6) is 0 Å². The van der Waals surface area contributed by atoms with Crippen LogP contribution in [-0.2, 0) is 0 Å². The van der Waals surface area contributed by atoms with Gasteiger partial charge < -0.3 is 0 Å². The molecule has 0 aromatic carbocycles. The highest BCUT2D eigenvalue weighted by Crippen LogP contribution is 2.45. The lowest BCUT2D eigenvalue weighted by molar-refractivity contribution is 1.21. The summed E-state index contributed by atoms with van der Waals surface area (Å²) in [5.74, 6) is 0. The molecule has 94 valence electrons. The summed E-state index contributed by atoms with van der Waals surface area (Å²) in [6.45, 7) is 0. The van der Waals surface area contributed by atoms with Crippen LogP contribution in [-0.4, -0.2) is 9.97 Å². The largest absolute Gasteiger partial charge is 0.247 e. The SMILES string of the molecule is Brc1cnc(Br)c(Br)c1-c1c(Br)cnc(Br)c1Br. The molecule has 2 heterocycles. The summed E-state index contributed by atoms with van der Waals surface area (Å²) in [6.07, 6.45) is 3.49. The van der Waals surface area contributed by atoms with Crippen molar-refractivity contribution in [3.05, 3.63) is 39.5 Å². The predicted molar refractivity (Wildman–Crippen MR) is 93.7 cm³/mol. The predicted octanol–water partition coefficient (Wildman–Crippen LogP) is 6.72. The fourth-order valence-corrected chi connectivity index (χ4v) is 4.50. The van der Waals surface area contributed by atoms with E-state index in [1.165, 1.54) is 0 Å². The molecule has 2 nitrogen and oxygen atoms in total. The highest BCUT2D eigenvalue weighted by atomic mass is 79.9. The molecular weight excluding hydrogens is 628 g/mol. The van der Waals surface area contributed by atoms with E-state index in [1.54, 1.807) is 12.4 Å². The molecule has 0 aliphatic heterocycles. The molecule has 2 aromatic heterocycles. The van der Waals surface area contributed by atoms with E-state index < -0.39 is 0 Å². The summed E-state index contributed by atoms with van der Waals surface area (Å²) >= 11 is 20.9. The molecule has 2 rings (SSSR count). The molecule has 0 amide bonds. The van der Waals surface area contributed by atoms with Crippen LogP contribution < -0.4 is 0 Å². The molecule has 8 heteroatoms. The van der Waals surface area contributed by atoms with E-state index in [4.69, 9.17) is 0 Å². The third kappa shape index (κ3) is 2.93. The normalized spacial score (nSPS) is 10.8. The van der Waals surface area contributed by atoms with Crippen LogP contribution in [0.4, 0.5) is 0 Å². The zero-order chi connectivity index (χ0) is 13.4. The van der Waals surface area contributed by atoms with E-state index >= 15 is 0 Å². The molecule has 0 saturated heterocycles. The summed E-state index contributed by atoms with van der Waals surface area (Å²) in [5, 5.41) is 0. The van der Waals surface area contributed by atoms with Gasteiger partial charge in [-0.05, 0) is 95.6 Å². The Morgan fingerprint density at radius 1 is 0.611 bits per heavy atom. The first-order valence-corrected chi connectivity index (χ1v) is 9.18. The third-order valence-electron chi connectivity index (χ3n) is 2.11. The van der Waals surface area contributed by atoms with Gasteiger partial charge >= 0.3 is 0 Å². The number of hydrogen-bond donors (Lipinski definition) is 0. The number of rotatable bonds is 1. The maximum Gasteiger partial charge on any atom is 0.120 e.